The van der Waals surface area contributed by atoms with Crippen molar-refractivity contribution in [2.45, 2.75) is 20.0 Å². The zero-order valence-corrected chi connectivity index (χ0v) is 15.1. The number of hydrogen-bond acceptors (Lipinski definition) is 4. The molecule has 132 valence electrons. The van der Waals surface area contributed by atoms with Crippen molar-refractivity contribution in [2.75, 3.05) is 13.7 Å². The number of nitrogens with two attached hydrogens (primary N) is 1. The molecule has 1 aliphatic heterocycles. The molecule has 0 saturated heterocycles. The Morgan fingerprint density at radius 1 is 1.32 bits per heavy atom. The van der Waals surface area contributed by atoms with Crippen LogP contribution in [0.15, 0.2) is 36.4 Å². The summed E-state index contributed by atoms with van der Waals surface area (Å²) in [5.41, 5.74) is 7.29. The van der Waals surface area contributed by atoms with Crippen LogP contribution in [0.5, 0.6) is 11.5 Å². The minimum Gasteiger partial charge on any atom is -0.496 e. The standard InChI is InChI=1S/C19H20ClNO4/c1-19(2)10-24-15-9-11(7-8-12(15)17(19)25-18(21)22)16-13(20)5-4-6-14(16)23-3/h4-9,17H,10H2,1-3H3,(H2,21,22). The van der Waals surface area contributed by atoms with Gasteiger partial charge in [0.25, 0.3) is 0 Å². The monoisotopic (exact) mass is 361 g/mol. The second kappa shape index (κ2) is 6.48. The molecule has 1 unspecified atom stereocenters. The average molecular weight is 362 g/mol. The number of hydrogen-bond donors (Lipinski definition) is 1. The van der Waals surface area contributed by atoms with Crippen LogP contribution in [0.2, 0.25) is 5.02 Å². The molecule has 0 aromatic heterocycles. The number of fused-ring (bicyclic) bond motifs is 1. The highest BCUT2D eigenvalue weighted by atomic mass is 35.5. The lowest BCUT2D eigenvalue weighted by Crippen LogP contribution is -2.37. The van der Waals surface area contributed by atoms with Crippen LogP contribution < -0.4 is 15.2 Å². The summed E-state index contributed by atoms with van der Waals surface area (Å²) in [5, 5.41) is 0.584. The molecule has 1 atom stereocenters. The van der Waals surface area contributed by atoms with E-state index in [1.165, 1.54) is 0 Å². The first-order chi connectivity index (χ1) is 11.8. The Morgan fingerprint density at radius 3 is 2.76 bits per heavy atom. The van der Waals surface area contributed by atoms with E-state index >= 15 is 0 Å². The zero-order chi connectivity index (χ0) is 18.2. The summed E-state index contributed by atoms with van der Waals surface area (Å²) in [6.45, 7) is 4.34. The average Bonchev–Trinajstić information content (AvgIpc) is 2.56. The van der Waals surface area contributed by atoms with Crippen LogP contribution in [-0.2, 0) is 4.74 Å². The Balaban J connectivity index is 2.08. The van der Waals surface area contributed by atoms with Gasteiger partial charge >= 0.3 is 6.09 Å². The fourth-order valence-electron chi connectivity index (χ4n) is 3.09. The first kappa shape index (κ1) is 17.4. The molecule has 0 spiro atoms. The first-order valence-electron chi connectivity index (χ1n) is 7.89. The molecule has 0 fully saturated rings. The number of carbonyl (C=O) groups is 1. The maximum atomic E-state index is 11.3. The second-order valence-electron chi connectivity index (χ2n) is 6.66. The number of halogens is 1. The Labute approximate surface area is 151 Å². The van der Waals surface area contributed by atoms with Gasteiger partial charge in [-0.05, 0) is 23.8 Å². The Bertz CT molecular complexity index is 819. The SMILES string of the molecule is COc1cccc(Cl)c1-c1ccc2c(c1)OCC(C)(C)C2OC(N)=O. The van der Waals surface area contributed by atoms with Crippen molar-refractivity contribution in [3.8, 4) is 22.6 Å². The molecule has 2 N–H and O–H groups in total. The Kier molecular flexibility index (Phi) is 4.52. The Morgan fingerprint density at radius 2 is 2.08 bits per heavy atom. The van der Waals surface area contributed by atoms with Crippen LogP contribution >= 0.6 is 11.6 Å². The molecule has 1 aliphatic rings. The van der Waals surface area contributed by atoms with Gasteiger partial charge in [-0.2, -0.15) is 0 Å². The molecular weight excluding hydrogens is 342 g/mol. The van der Waals surface area contributed by atoms with E-state index in [2.05, 4.69) is 0 Å². The van der Waals surface area contributed by atoms with Crippen molar-refractivity contribution in [2.24, 2.45) is 11.1 Å². The lowest BCUT2D eigenvalue weighted by Gasteiger charge is -2.38. The number of carbonyl (C=O) groups excluding carboxylic acids is 1. The molecule has 2 aromatic rings. The molecule has 25 heavy (non-hydrogen) atoms. The summed E-state index contributed by atoms with van der Waals surface area (Å²) >= 11 is 6.36. The van der Waals surface area contributed by atoms with E-state index in [9.17, 15) is 4.79 Å². The third-order valence-corrected chi connectivity index (χ3v) is 4.64. The summed E-state index contributed by atoms with van der Waals surface area (Å²) in [5.74, 6) is 1.32. The molecule has 2 aromatic carbocycles. The predicted molar refractivity (Wildman–Crippen MR) is 96.1 cm³/mol. The number of ether oxygens (including phenoxy) is 3. The minimum absolute atomic E-state index is 0.383. The van der Waals surface area contributed by atoms with E-state index in [1.807, 2.05) is 50.2 Å². The molecule has 0 saturated carbocycles. The van der Waals surface area contributed by atoms with Crippen molar-refractivity contribution >= 4 is 17.7 Å². The summed E-state index contributed by atoms with van der Waals surface area (Å²) in [6.07, 6.45) is -1.28. The minimum atomic E-state index is -0.803. The summed E-state index contributed by atoms with van der Waals surface area (Å²) in [4.78, 5) is 11.3. The van der Waals surface area contributed by atoms with E-state index in [4.69, 9.17) is 31.5 Å². The van der Waals surface area contributed by atoms with Crippen LogP contribution in [0.4, 0.5) is 4.79 Å². The molecule has 3 rings (SSSR count). The molecule has 1 heterocycles. The van der Waals surface area contributed by atoms with Gasteiger partial charge in [0.05, 0.1) is 18.7 Å². The highest BCUT2D eigenvalue weighted by Gasteiger charge is 2.40. The van der Waals surface area contributed by atoms with Gasteiger partial charge < -0.3 is 19.9 Å². The van der Waals surface area contributed by atoms with Crippen LogP contribution in [0, 0.1) is 5.41 Å². The normalized spacial score (nSPS) is 18.0. The van der Waals surface area contributed by atoms with Crippen molar-refractivity contribution < 1.29 is 19.0 Å². The number of amides is 1. The second-order valence-corrected chi connectivity index (χ2v) is 7.07. The quantitative estimate of drug-likeness (QED) is 0.869. The molecule has 5 nitrogen and oxygen atoms in total. The van der Waals surface area contributed by atoms with Gasteiger partial charge in [0.15, 0.2) is 0 Å². The summed E-state index contributed by atoms with van der Waals surface area (Å²) in [7, 11) is 1.60. The van der Waals surface area contributed by atoms with E-state index in [0.29, 0.717) is 23.1 Å². The van der Waals surface area contributed by atoms with Crippen LogP contribution in [-0.4, -0.2) is 19.8 Å². The van der Waals surface area contributed by atoms with Gasteiger partial charge in [-0.3, -0.25) is 0 Å². The predicted octanol–water partition coefficient (Wildman–Crippen LogP) is 4.57. The van der Waals surface area contributed by atoms with Gasteiger partial charge in [-0.15, -0.1) is 0 Å². The number of rotatable bonds is 3. The maximum Gasteiger partial charge on any atom is 0.405 e. The van der Waals surface area contributed by atoms with Gasteiger partial charge in [-0.1, -0.05) is 43.6 Å². The van der Waals surface area contributed by atoms with E-state index in [0.717, 1.165) is 16.7 Å². The lowest BCUT2D eigenvalue weighted by atomic mass is 9.80. The van der Waals surface area contributed by atoms with Gasteiger partial charge in [-0.25, -0.2) is 4.79 Å². The molecule has 1 amide bonds. The number of benzene rings is 2. The van der Waals surface area contributed by atoms with Crippen LogP contribution in [0.25, 0.3) is 11.1 Å². The summed E-state index contributed by atoms with van der Waals surface area (Å²) in [6, 6.07) is 11.2. The largest absolute Gasteiger partial charge is 0.496 e. The maximum absolute atomic E-state index is 11.3. The summed E-state index contributed by atoms with van der Waals surface area (Å²) < 4.78 is 16.7. The smallest absolute Gasteiger partial charge is 0.405 e. The van der Waals surface area contributed by atoms with Crippen LogP contribution in [0.1, 0.15) is 25.5 Å². The van der Waals surface area contributed by atoms with E-state index < -0.39 is 12.2 Å². The van der Waals surface area contributed by atoms with Crippen LogP contribution in [0.3, 0.4) is 0 Å². The number of methoxy groups -OCH3 is 1. The zero-order valence-electron chi connectivity index (χ0n) is 14.3. The number of primary amides is 1. The molecule has 6 heteroatoms. The third kappa shape index (κ3) is 3.24. The molecule has 0 aliphatic carbocycles. The van der Waals surface area contributed by atoms with Crippen molar-refractivity contribution in [3.63, 3.8) is 0 Å². The van der Waals surface area contributed by atoms with Crippen molar-refractivity contribution in [3.05, 3.63) is 47.0 Å². The molecule has 0 radical (unpaired) electrons. The van der Waals surface area contributed by atoms with E-state index in [1.54, 1.807) is 7.11 Å². The first-order valence-corrected chi connectivity index (χ1v) is 8.27. The lowest BCUT2D eigenvalue weighted by molar-refractivity contribution is -0.0176. The van der Waals surface area contributed by atoms with Gasteiger partial charge in [0.2, 0.25) is 0 Å². The molecular formula is C19H20ClNO4. The Hall–Kier alpha value is -2.40. The highest BCUT2D eigenvalue weighted by molar-refractivity contribution is 6.33. The molecule has 0 bridgehead atoms. The third-order valence-electron chi connectivity index (χ3n) is 4.32. The fraction of sp³-hybridized carbons (Fsp3) is 0.316. The fourth-order valence-corrected chi connectivity index (χ4v) is 3.36. The van der Waals surface area contributed by atoms with Crippen molar-refractivity contribution in [1.82, 2.24) is 0 Å². The van der Waals surface area contributed by atoms with E-state index in [-0.39, 0.29) is 5.41 Å². The van der Waals surface area contributed by atoms with Gasteiger partial charge in [0.1, 0.15) is 17.6 Å². The highest BCUT2D eigenvalue weighted by Crippen LogP contribution is 2.47. The van der Waals surface area contributed by atoms with Crippen molar-refractivity contribution in [1.29, 1.82) is 0 Å². The topological polar surface area (TPSA) is 70.8 Å². The van der Waals surface area contributed by atoms with Gasteiger partial charge in [0, 0.05) is 16.5 Å².